The minimum atomic E-state index is -3.19. The lowest BCUT2D eigenvalue weighted by molar-refractivity contribution is 0.171. The lowest BCUT2D eigenvalue weighted by Gasteiger charge is -2.33. The van der Waals surface area contributed by atoms with Crippen LogP contribution in [-0.4, -0.2) is 45.8 Å². The molecule has 0 spiro atoms. The molecule has 1 fully saturated rings. The first kappa shape index (κ1) is 18.0. The van der Waals surface area contributed by atoms with Crippen molar-refractivity contribution in [3.05, 3.63) is 28.8 Å². The number of hydrogen-bond donors (Lipinski definition) is 1. The number of halogens is 2. The van der Waals surface area contributed by atoms with Crippen LogP contribution in [0.2, 0.25) is 5.02 Å². The molecule has 124 valence electrons. The van der Waals surface area contributed by atoms with Gasteiger partial charge in [0.1, 0.15) is 0 Å². The summed E-state index contributed by atoms with van der Waals surface area (Å²) in [5, 5.41) is 3.98. The molecule has 22 heavy (non-hydrogen) atoms. The van der Waals surface area contributed by atoms with Gasteiger partial charge >= 0.3 is 0 Å². The molecule has 4 nitrogen and oxygen atoms in total. The van der Waals surface area contributed by atoms with Crippen molar-refractivity contribution < 1.29 is 8.42 Å². The van der Waals surface area contributed by atoms with Crippen LogP contribution in [0.25, 0.3) is 0 Å². The molecule has 1 N–H and O–H groups in total. The summed E-state index contributed by atoms with van der Waals surface area (Å²) in [5.41, 5.74) is 1.05. The quantitative estimate of drug-likeness (QED) is 0.894. The summed E-state index contributed by atoms with van der Waals surface area (Å²) in [4.78, 5) is 2.62. The number of nitrogens with one attached hydrogen (secondary N) is 1. The van der Waals surface area contributed by atoms with Crippen LogP contribution in [0.15, 0.2) is 23.1 Å². The predicted octanol–water partition coefficient (Wildman–Crippen LogP) is 2.52. The topological polar surface area (TPSA) is 49.4 Å². The monoisotopic (exact) mass is 364 g/mol. The average molecular weight is 365 g/mol. The fraction of sp³-hybridized carbons (Fsp3) is 0.600. The first-order valence-electron chi connectivity index (χ1n) is 7.24. The number of hydrogen-bond acceptors (Lipinski definition) is 4. The predicted molar refractivity (Wildman–Crippen MR) is 91.7 cm³/mol. The van der Waals surface area contributed by atoms with Gasteiger partial charge in [-0.2, -0.15) is 0 Å². The van der Waals surface area contributed by atoms with Gasteiger partial charge in [-0.25, -0.2) is 8.42 Å². The molecule has 2 aliphatic rings. The lowest BCUT2D eigenvalue weighted by atomic mass is 9.88. The molecule has 2 aliphatic heterocycles. The molecule has 0 bridgehead atoms. The van der Waals surface area contributed by atoms with Gasteiger partial charge < -0.3 is 5.32 Å². The van der Waals surface area contributed by atoms with Crippen LogP contribution < -0.4 is 5.32 Å². The Bertz CT molecular complexity index is 658. The van der Waals surface area contributed by atoms with Crippen LogP contribution in [0.4, 0.5) is 0 Å². The molecule has 7 heteroatoms. The molecule has 2 atom stereocenters. The summed E-state index contributed by atoms with van der Waals surface area (Å²) in [5.74, 6) is 0.155. The molecule has 0 saturated carbocycles. The minimum absolute atomic E-state index is 0. The van der Waals surface area contributed by atoms with Crippen molar-refractivity contribution in [3.63, 3.8) is 0 Å². The van der Waals surface area contributed by atoms with Crippen molar-refractivity contribution in [1.29, 1.82) is 0 Å². The third-order valence-corrected chi connectivity index (χ3v) is 6.70. The first-order chi connectivity index (χ1) is 9.81. The van der Waals surface area contributed by atoms with Crippen molar-refractivity contribution in [2.24, 2.45) is 5.41 Å². The van der Waals surface area contributed by atoms with E-state index in [1.54, 1.807) is 18.2 Å². The largest absolute Gasteiger partial charge is 0.316 e. The molecular formula is C15H22Cl2N2O2S. The Hall–Kier alpha value is -0.330. The zero-order valence-corrected chi connectivity index (χ0v) is 15.2. The third kappa shape index (κ3) is 3.29. The van der Waals surface area contributed by atoms with E-state index in [-0.39, 0.29) is 29.6 Å². The third-order valence-electron chi connectivity index (χ3n) is 4.66. The number of benzene rings is 1. The highest BCUT2D eigenvalue weighted by molar-refractivity contribution is 7.91. The van der Waals surface area contributed by atoms with Crippen molar-refractivity contribution in [2.75, 3.05) is 32.4 Å². The Morgan fingerprint density at radius 2 is 2.18 bits per heavy atom. The normalized spacial score (nSPS) is 29.4. The SMILES string of the molecule is CN(CC1(C)CCNC1)C1CS(=O)(=O)c2ccc(Cl)cc21.Cl. The van der Waals surface area contributed by atoms with Gasteiger partial charge in [-0.1, -0.05) is 18.5 Å². The number of fused-ring (bicyclic) bond motifs is 1. The van der Waals surface area contributed by atoms with Crippen LogP contribution in [-0.2, 0) is 9.84 Å². The van der Waals surface area contributed by atoms with Crippen molar-refractivity contribution in [1.82, 2.24) is 10.2 Å². The van der Waals surface area contributed by atoms with E-state index in [0.29, 0.717) is 9.92 Å². The summed E-state index contributed by atoms with van der Waals surface area (Å²) in [6, 6.07) is 5.00. The van der Waals surface area contributed by atoms with Gasteiger partial charge in [-0.15, -0.1) is 12.4 Å². The van der Waals surface area contributed by atoms with Gasteiger partial charge in [0, 0.05) is 18.1 Å². The molecule has 2 heterocycles. The molecule has 2 unspecified atom stereocenters. The number of rotatable bonds is 3. The molecule has 1 aromatic carbocycles. The van der Waals surface area contributed by atoms with Crippen LogP contribution in [0.1, 0.15) is 24.9 Å². The van der Waals surface area contributed by atoms with Gasteiger partial charge in [-0.05, 0) is 49.2 Å². The highest BCUT2D eigenvalue weighted by Gasteiger charge is 2.39. The van der Waals surface area contributed by atoms with Gasteiger partial charge in [0.25, 0.3) is 0 Å². The second-order valence-corrected chi connectivity index (χ2v) is 9.07. The van der Waals surface area contributed by atoms with Crippen molar-refractivity contribution in [2.45, 2.75) is 24.3 Å². The van der Waals surface area contributed by atoms with E-state index in [9.17, 15) is 8.42 Å². The Morgan fingerprint density at radius 3 is 2.82 bits per heavy atom. The average Bonchev–Trinajstić information content (AvgIpc) is 2.92. The minimum Gasteiger partial charge on any atom is -0.316 e. The molecule has 0 amide bonds. The van der Waals surface area contributed by atoms with E-state index in [1.165, 1.54) is 0 Å². The number of nitrogens with zero attached hydrogens (tertiary/aromatic N) is 1. The van der Waals surface area contributed by atoms with E-state index in [2.05, 4.69) is 17.1 Å². The van der Waals surface area contributed by atoms with Gasteiger partial charge in [0.05, 0.1) is 16.7 Å². The molecule has 1 saturated heterocycles. The maximum absolute atomic E-state index is 12.3. The summed E-state index contributed by atoms with van der Waals surface area (Å²) in [6.45, 7) is 5.16. The van der Waals surface area contributed by atoms with E-state index in [1.807, 2.05) is 7.05 Å². The molecule has 0 aromatic heterocycles. The maximum Gasteiger partial charge on any atom is 0.180 e. The number of sulfone groups is 1. The summed E-state index contributed by atoms with van der Waals surface area (Å²) in [6.07, 6.45) is 1.12. The van der Waals surface area contributed by atoms with E-state index in [4.69, 9.17) is 11.6 Å². The Balaban J connectivity index is 0.00000176. The van der Waals surface area contributed by atoms with E-state index in [0.717, 1.165) is 31.6 Å². The van der Waals surface area contributed by atoms with Gasteiger partial charge in [0.2, 0.25) is 0 Å². The zero-order valence-electron chi connectivity index (χ0n) is 12.8. The van der Waals surface area contributed by atoms with Crippen molar-refractivity contribution in [3.8, 4) is 0 Å². The summed E-state index contributed by atoms with van der Waals surface area (Å²) in [7, 11) is -1.17. The van der Waals surface area contributed by atoms with E-state index < -0.39 is 9.84 Å². The smallest absolute Gasteiger partial charge is 0.180 e. The Morgan fingerprint density at radius 1 is 1.45 bits per heavy atom. The molecular weight excluding hydrogens is 343 g/mol. The highest BCUT2D eigenvalue weighted by atomic mass is 35.5. The van der Waals surface area contributed by atoms with Gasteiger partial charge in [0.15, 0.2) is 9.84 Å². The molecule has 1 aromatic rings. The Labute approximate surface area is 143 Å². The first-order valence-corrected chi connectivity index (χ1v) is 9.27. The zero-order chi connectivity index (χ0) is 15.3. The second-order valence-electron chi connectivity index (χ2n) is 6.63. The van der Waals surface area contributed by atoms with E-state index >= 15 is 0 Å². The van der Waals surface area contributed by atoms with Gasteiger partial charge in [-0.3, -0.25) is 4.90 Å². The summed E-state index contributed by atoms with van der Waals surface area (Å²) < 4.78 is 24.6. The Kier molecular flexibility index (Phi) is 5.15. The standard InChI is InChI=1S/C15H21ClN2O2S.ClH/c1-15(5-6-17-9-15)10-18(2)13-8-21(19,20)14-4-3-11(16)7-12(13)14;/h3-4,7,13,17H,5-6,8-10H2,1-2H3;1H. The fourth-order valence-electron chi connectivity index (χ4n) is 3.53. The van der Waals surface area contributed by atoms with Crippen LogP contribution in [0.5, 0.6) is 0 Å². The second kappa shape index (κ2) is 6.29. The van der Waals surface area contributed by atoms with Crippen molar-refractivity contribution >= 4 is 33.8 Å². The maximum atomic E-state index is 12.3. The fourth-order valence-corrected chi connectivity index (χ4v) is 5.57. The highest BCUT2D eigenvalue weighted by Crippen LogP contribution is 2.39. The molecule has 3 rings (SSSR count). The molecule has 0 radical (unpaired) electrons. The van der Waals surface area contributed by atoms with Crippen LogP contribution in [0, 0.1) is 5.41 Å². The lowest BCUT2D eigenvalue weighted by Crippen LogP contribution is -2.37. The molecule has 0 aliphatic carbocycles. The summed E-state index contributed by atoms with van der Waals surface area (Å²) >= 11 is 6.06. The van der Waals surface area contributed by atoms with Crippen LogP contribution in [0.3, 0.4) is 0 Å². The van der Waals surface area contributed by atoms with Crippen LogP contribution >= 0.6 is 24.0 Å².